The molecule has 0 bridgehead atoms. The predicted octanol–water partition coefficient (Wildman–Crippen LogP) is 3.06. The summed E-state index contributed by atoms with van der Waals surface area (Å²) in [6.07, 6.45) is 1.90. The van der Waals surface area contributed by atoms with E-state index in [1.807, 2.05) is 6.92 Å². The Morgan fingerprint density at radius 3 is 2.72 bits per heavy atom. The van der Waals surface area contributed by atoms with Crippen LogP contribution < -0.4 is 10.6 Å². The van der Waals surface area contributed by atoms with E-state index in [4.69, 9.17) is 0 Å². The van der Waals surface area contributed by atoms with Crippen LogP contribution in [-0.2, 0) is 4.79 Å². The molecule has 1 aromatic carbocycles. The molecule has 0 spiro atoms. The van der Waals surface area contributed by atoms with Crippen LogP contribution in [0.15, 0.2) is 16.6 Å². The lowest BCUT2D eigenvalue weighted by atomic mass is 10.3. The van der Waals surface area contributed by atoms with Crippen molar-refractivity contribution in [3.05, 3.63) is 28.2 Å². The summed E-state index contributed by atoms with van der Waals surface area (Å²) in [5, 5.41) is 5.33. The number of hydrogen-bond donors (Lipinski definition) is 2. The van der Waals surface area contributed by atoms with E-state index in [1.54, 1.807) is 0 Å². The van der Waals surface area contributed by atoms with Crippen molar-refractivity contribution >= 4 is 27.5 Å². The van der Waals surface area contributed by atoms with Crippen LogP contribution in [0.25, 0.3) is 0 Å². The van der Waals surface area contributed by atoms with E-state index in [-0.39, 0.29) is 22.6 Å². The molecule has 0 aliphatic heterocycles. The molecule has 1 aromatic rings. The first kappa shape index (κ1) is 14.9. The SMILES string of the molecule is CCCCNC(=O)CNc1c(F)cc(F)cc1Br. The van der Waals surface area contributed by atoms with Gasteiger partial charge in [0.05, 0.1) is 12.2 Å². The van der Waals surface area contributed by atoms with Crippen LogP contribution in [0, 0.1) is 11.6 Å². The Labute approximate surface area is 113 Å². The van der Waals surface area contributed by atoms with Crippen molar-refractivity contribution in [1.82, 2.24) is 5.32 Å². The molecule has 0 heterocycles. The van der Waals surface area contributed by atoms with E-state index in [0.717, 1.165) is 25.0 Å². The van der Waals surface area contributed by atoms with Gasteiger partial charge in [0, 0.05) is 17.1 Å². The van der Waals surface area contributed by atoms with E-state index in [1.165, 1.54) is 0 Å². The maximum absolute atomic E-state index is 13.4. The number of rotatable bonds is 6. The van der Waals surface area contributed by atoms with Crippen molar-refractivity contribution in [2.75, 3.05) is 18.4 Å². The quantitative estimate of drug-likeness (QED) is 0.791. The molecular weight excluding hydrogens is 306 g/mol. The van der Waals surface area contributed by atoms with Crippen LogP contribution in [0.1, 0.15) is 19.8 Å². The van der Waals surface area contributed by atoms with E-state index >= 15 is 0 Å². The molecule has 0 fully saturated rings. The first-order valence-corrected chi connectivity index (χ1v) is 6.49. The molecule has 1 amide bonds. The molecule has 0 saturated carbocycles. The van der Waals surface area contributed by atoms with E-state index in [0.29, 0.717) is 6.54 Å². The highest BCUT2D eigenvalue weighted by Crippen LogP contribution is 2.26. The van der Waals surface area contributed by atoms with Gasteiger partial charge in [0.15, 0.2) is 0 Å². The van der Waals surface area contributed by atoms with E-state index in [2.05, 4.69) is 26.6 Å². The summed E-state index contributed by atoms with van der Waals surface area (Å²) >= 11 is 3.04. The fraction of sp³-hybridized carbons (Fsp3) is 0.417. The first-order chi connectivity index (χ1) is 8.54. The van der Waals surface area contributed by atoms with Crippen molar-refractivity contribution in [2.45, 2.75) is 19.8 Å². The largest absolute Gasteiger partial charge is 0.373 e. The third-order valence-corrected chi connectivity index (χ3v) is 2.91. The van der Waals surface area contributed by atoms with Crippen molar-refractivity contribution in [3.63, 3.8) is 0 Å². The maximum Gasteiger partial charge on any atom is 0.239 e. The molecular formula is C12H15BrF2N2O. The molecule has 0 aliphatic carbocycles. The van der Waals surface area contributed by atoms with Gasteiger partial charge in [0.2, 0.25) is 5.91 Å². The lowest BCUT2D eigenvalue weighted by molar-refractivity contribution is -0.119. The molecule has 6 heteroatoms. The Hall–Kier alpha value is -1.17. The zero-order valence-electron chi connectivity index (χ0n) is 10.0. The number of nitrogens with one attached hydrogen (secondary N) is 2. The van der Waals surface area contributed by atoms with Crippen LogP contribution in [-0.4, -0.2) is 19.0 Å². The van der Waals surface area contributed by atoms with Gasteiger partial charge in [-0.25, -0.2) is 8.78 Å². The van der Waals surface area contributed by atoms with Crippen LogP contribution in [0.3, 0.4) is 0 Å². The number of amides is 1. The van der Waals surface area contributed by atoms with E-state index in [9.17, 15) is 13.6 Å². The normalized spacial score (nSPS) is 10.2. The third kappa shape index (κ3) is 4.60. The Bertz CT molecular complexity index is 404. The Balaban J connectivity index is 2.51. The van der Waals surface area contributed by atoms with Gasteiger partial charge in [-0.05, 0) is 28.4 Å². The molecule has 18 heavy (non-hydrogen) atoms. The molecule has 0 saturated heterocycles. The van der Waals surface area contributed by atoms with Gasteiger partial charge in [-0.2, -0.15) is 0 Å². The van der Waals surface area contributed by atoms with Crippen LogP contribution in [0.2, 0.25) is 0 Å². The van der Waals surface area contributed by atoms with Gasteiger partial charge in [0.25, 0.3) is 0 Å². The maximum atomic E-state index is 13.4. The van der Waals surface area contributed by atoms with Gasteiger partial charge in [-0.1, -0.05) is 13.3 Å². The summed E-state index contributed by atoms with van der Waals surface area (Å²) in [5.74, 6) is -1.63. The number of halogens is 3. The van der Waals surface area contributed by atoms with Gasteiger partial charge < -0.3 is 10.6 Å². The molecule has 0 unspecified atom stereocenters. The van der Waals surface area contributed by atoms with Crippen molar-refractivity contribution < 1.29 is 13.6 Å². The molecule has 3 nitrogen and oxygen atoms in total. The topological polar surface area (TPSA) is 41.1 Å². The van der Waals surface area contributed by atoms with Crippen LogP contribution in [0.5, 0.6) is 0 Å². The van der Waals surface area contributed by atoms with Crippen molar-refractivity contribution in [3.8, 4) is 0 Å². The number of benzene rings is 1. The molecule has 100 valence electrons. The van der Waals surface area contributed by atoms with Gasteiger partial charge in [0.1, 0.15) is 11.6 Å². The number of carbonyl (C=O) groups is 1. The second kappa shape index (κ2) is 7.31. The number of hydrogen-bond acceptors (Lipinski definition) is 2. The minimum absolute atomic E-state index is 0.0507. The summed E-state index contributed by atoms with van der Waals surface area (Å²) < 4.78 is 26.5. The average Bonchev–Trinajstić information content (AvgIpc) is 2.27. The molecule has 0 aromatic heterocycles. The summed E-state index contributed by atoms with van der Waals surface area (Å²) in [6.45, 7) is 2.57. The second-order valence-electron chi connectivity index (χ2n) is 3.80. The number of anilines is 1. The highest BCUT2D eigenvalue weighted by Gasteiger charge is 2.10. The molecule has 0 aliphatic rings. The van der Waals surface area contributed by atoms with Crippen molar-refractivity contribution in [2.24, 2.45) is 0 Å². The fourth-order valence-electron chi connectivity index (χ4n) is 1.35. The Morgan fingerprint density at radius 1 is 1.39 bits per heavy atom. The molecule has 0 atom stereocenters. The minimum atomic E-state index is -0.733. The zero-order valence-corrected chi connectivity index (χ0v) is 11.6. The zero-order chi connectivity index (χ0) is 13.5. The van der Waals surface area contributed by atoms with Gasteiger partial charge >= 0.3 is 0 Å². The fourth-order valence-corrected chi connectivity index (χ4v) is 1.90. The highest BCUT2D eigenvalue weighted by molar-refractivity contribution is 9.10. The third-order valence-electron chi connectivity index (χ3n) is 2.29. The number of unbranched alkanes of at least 4 members (excludes halogenated alkanes) is 1. The molecule has 2 N–H and O–H groups in total. The Kier molecular flexibility index (Phi) is 6.04. The summed E-state index contributed by atoms with van der Waals surface area (Å²) in [6, 6.07) is 1.91. The number of carbonyl (C=O) groups excluding carboxylic acids is 1. The molecule has 1 rings (SSSR count). The predicted molar refractivity (Wildman–Crippen MR) is 70.5 cm³/mol. The monoisotopic (exact) mass is 320 g/mol. The first-order valence-electron chi connectivity index (χ1n) is 5.69. The lowest BCUT2D eigenvalue weighted by Gasteiger charge is -2.10. The second-order valence-corrected chi connectivity index (χ2v) is 4.66. The van der Waals surface area contributed by atoms with E-state index < -0.39 is 11.6 Å². The Morgan fingerprint density at radius 2 is 2.11 bits per heavy atom. The standard InChI is InChI=1S/C12H15BrF2N2O/c1-2-3-4-16-11(18)7-17-12-9(13)5-8(14)6-10(12)15/h5-6,17H,2-4,7H2,1H3,(H,16,18). The summed E-state index contributed by atoms with van der Waals surface area (Å²) in [5.41, 5.74) is 0.0852. The summed E-state index contributed by atoms with van der Waals surface area (Å²) in [7, 11) is 0. The average molecular weight is 321 g/mol. The van der Waals surface area contributed by atoms with Crippen LogP contribution >= 0.6 is 15.9 Å². The van der Waals surface area contributed by atoms with Gasteiger partial charge in [-0.15, -0.1) is 0 Å². The lowest BCUT2D eigenvalue weighted by Crippen LogP contribution is -2.30. The smallest absolute Gasteiger partial charge is 0.239 e. The van der Waals surface area contributed by atoms with Crippen molar-refractivity contribution in [1.29, 1.82) is 0 Å². The minimum Gasteiger partial charge on any atom is -0.373 e. The highest BCUT2D eigenvalue weighted by atomic mass is 79.9. The summed E-state index contributed by atoms with van der Waals surface area (Å²) in [4.78, 5) is 11.4. The van der Waals surface area contributed by atoms with Gasteiger partial charge in [-0.3, -0.25) is 4.79 Å². The molecule has 0 radical (unpaired) electrons. The van der Waals surface area contributed by atoms with Crippen LogP contribution in [0.4, 0.5) is 14.5 Å².